The summed E-state index contributed by atoms with van der Waals surface area (Å²) in [5.74, 6) is 0.0975. The molecule has 2 aromatic carbocycles. The third-order valence-corrected chi connectivity index (χ3v) is 4.99. The Hall–Kier alpha value is -2.13. The number of amides is 1. The number of hydrogen-bond acceptors (Lipinski definition) is 2. The van der Waals surface area contributed by atoms with E-state index in [1.807, 2.05) is 30.3 Å². The summed E-state index contributed by atoms with van der Waals surface area (Å²) in [4.78, 5) is 14.9. The summed E-state index contributed by atoms with van der Waals surface area (Å²) < 4.78 is 0. The van der Waals surface area contributed by atoms with Crippen LogP contribution in [0.5, 0.6) is 0 Å². The Labute approximate surface area is 151 Å². The Kier molecular flexibility index (Phi) is 6.24. The normalized spacial score (nSPS) is 16.4. The molecule has 1 atom stereocenters. The number of carbonyl (C=O) groups excluding carboxylic acids is 1. The summed E-state index contributed by atoms with van der Waals surface area (Å²) in [5, 5.41) is 3.16. The standard InChI is InChI=1S/C22H28N2O/c1-18-10-12-20(13-11-18)21(24-14-6-3-7-15-24)17-23-22(25)16-19-8-4-2-5-9-19/h2,4-5,8-13,21H,3,6-7,14-17H2,1H3,(H,23,25)/t21-/m1/s1. The molecule has 1 N–H and O–H groups in total. The topological polar surface area (TPSA) is 32.3 Å². The van der Waals surface area contributed by atoms with Crippen LogP contribution in [0.3, 0.4) is 0 Å². The molecule has 1 amide bonds. The van der Waals surface area contributed by atoms with E-state index in [0.717, 1.165) is 18.7 Å². The molecule has 0 aliphatic carbocycles. The molecule has 1 aliphatic rings. The van der Waals surface area contributed by atoms with E-state index in [-0.39, 0.29) is 11.9 Å². The van der Waals surface area contributed by atoms with Gasteiger partial charge in [-0.15, -0.1) is 0 Å². The molecule has 0 spiro atoms. The third-order valence-electron chi connectivity index (χ3n) is 4.99. The highest BCUT2D eigenvalue weighted by Crippen LogP contribution is 2.24. The monoisotopic (exact) mass is 336 g/mol. The van der Waals surface area contributed by atoms with E-state index >= 15 is 0 Å². The van der Waals surface area contributed by atoms with Gasteiger partial charge in [0.05, 0.1) is 12.5 Å². The van der Waals surface area contributed by atoms with Crippen molar-refractivity contribution in [3.8, 4) is 0 Å². The quantitative estimate of drug-likeness (QED) is 0.868. The van der Waals surface area contributed by atoms with Crippen molar-refractivity contribution in [1.29, 1.82) is 0 Å². The number of piperidine rings is 1. The van der Waals surface area contributed by atoms with E-state index in [9.17, 15) is 4.79 Å². The minimum Gasteiger partial charge on any atom is -0.354 e. The molecular weight excluding hydrogens is 308 g/mol. The molecule has 0 unspecified atom stereocenters. The fourth-order valence-electron chi connectivity index (χ4n) is 3.53. The molecule has 3 heteroatoms. The molecule has 2 aromatic rings. The van der Waals surface area contributed by atoms with E-state index in [1.165, 1.54) is 30.4 Å². The van der Waals surface area contributed by atoms with E-state index in [4.69, 9.17) is 0 Å². The van der Waals surface area contributed by atoms with E-state index < -0.39 is 0 Å². The molecule has 3 nitrogen and oxygen atoms in total. The molecule has 132 valence electrons. The molecule has 0 saturated carbocycles. The van der Waals surface area contributed by atoms with Gasteiger partial charge in [-0.1, -0.05) is 66.6 Å². The Morgan fingerprint density at radius 1 is 1.00 bits per heavy atom. The molecule has 1 heterocycles. The first-order valence-corrected chi connectivity index (χ1v) is 9.33. The Balaban J connectivity index is 1.64. The molecule has 25 heavy (non-hydrogen) atoms. The van der Waals surface area contributed by atoms with Gasteiger partial charge in [-0.25, -0.2) is 0 Å². The summed E-state index contributed by atoms with van der Waals surface area (Å²) in [6.07, 6.45) is 4.26. The number of nitrogens with zero attached hydrogens (tertiary/aromatic N) is 1. The zero-order chi connectivity index (χ0) is 17.5. The lowest BCUT2D eigenvalue weighted by atomic mass is 10.0. The van der Waals surface area contributed by atoms with Crippen LogP contribution in [0.4, 0.5) is 0 Å². The van der Waals surface area contributed by atoms with Crippen molar-refractivity contribution >= 4 is 5.91 Å². The molecule has 1 aliphatic heterocycles. The lowest BCUT2D eigenvalue weighted by Gasteiger charge is -2.35. The first-order valence-electron chi connectivity index (χ1n) is 9.33. The van der Waals surface area contributed by atoms with E-state index in [2.05, 4.69) is 41.4 Å². The van der Waals surface area contributed by atoms with Gasteiger partial charge < -0.3 is 5.32 Å². The highest BCUT2D eigenvalue weighted by Gasteiger charge is 2.22. The van der Waals surface area contributed by atoms with Crippen LogP contribution in [0.15, 0.2) is 54.6 Å². The SMILES string of the molecule is Cc1ccc([C@@H](CNC(=O)Cc2ccccc2)N2CCCCC2)cc1. The maximum absolute atomic E-state index is 12.4. The first-order chi connectivity index (χ1) is 12.2. The Morgan fingerprint density at radius 3 is 2.36 bits per heavy atom. The lowest BCUT2D eigenvalue weighted by Crippen LogP contribution is -2.41. The van der Waals surface area contributed by atoms with Gasteiger partial charge in [0.25, 0.3) is 0 Å². The lowest BCUT2D eigenvalue weighted by molar-refractivity contribution is -0.120. The third kappa shape index (κ3) is 5.17. The van der Waals surface area contributed by atoms with Gasteiger partial charge in [-0.2, -0.15) is 0 Å². The summed E-state index contributed by atoms with van der Waals surface area (Å²) in [6.45, 7) is 5.02. The van der Waals surface area contributed by atoms with Crippen molar-refractivity contribution in [2.75, 3.05) is 19.6 Å². The van der Waals surface area contributed by atoms with Crippen molar-refractivity contribution in [3.63, 3.8) is 0 Å². The van der Waals surface area contributed by atoms with Gasteiger partial charge >= 0.3 is 0 Å². The smallest absolute Gasteiger partial charge is 0.224 e. The fourth-order valence-corrected chi connectivity index (χ4v) is 3.53. The van der Waals surface area contributed by atoms with Gasteiger partial charge in [-0.3, -0.25) is 9.69 Å². The van der Waals surface area contributed by atoms with Crippen molar-refractivity contribution in [2.45, 2.75) is 38.6 Å². The van der Waals surface area contributed by atoms with Crippen LogP contribution in [0, 0.1) is 6.92 Å². The number of rotatable bonds is 6. The summed E-state index contributed by atoms with van der Waals surface area (Å²) in [5.41, 5.74) is 3.63. The van der Waals surface area contributed by atoms with E-state index in [0.29, 0.717) is 13.0 Å². The predicted molar refractivity (Wildman–Crippen MR) is 102 cm³/mol. The van der Waals surface area contributed by atoms with Crippen molar-refractivity contribution in [3.05, 3.63) is 71.3 Å². The summed E-state index contributed by atoms with van der Waals surface area (Å²) >= 11 is 0. The number of carbonyl (C=O) groups is 1. The first kappa shape index (κ1) is 17.7. The van der Waals surface area contributed by atoms with Crippen LogP contribution in [0.25, 0.3) is 0 Å². The van der Waals surface area contributed by atoms with Crippen LogP contribution < -0.4 is 5.32 Å². The van der Waals surface area contributed by atoms with Crippen molar-refractivity contribution in [1.82, 2.24) is 10.2 Å². The minimum atomic E-state index is 0.0975. The van der Waals surface area contributed by atoms with Gasteiger partial charge in [0.15, 0.2) is 0 Å². The maximum Gasteiger partial charge on any atom is 0.224 e. The van der Waals surface area contributed by atoms with Gasteiger partial charge in [-0.05, 0) is 44.0 Å². The average molecular weight is 336 g/mol. The van der Waals surface area contributed by atoms with Crippen LogP contribution >= 0.6 is 0 Å². The number of aryl methyl sites for hydroxylation is 1. The van der Waals surface area contributed by atoms with Crippen LogP contribution in [-0.4, -0.2) is 30.4 Å². The second kappa shape index (κ2) is 8.82. The predicted octanol–water partition coefficient (Wildman–Crippen LogP) is 3.88. The number of likely N-dealkylation sites (tertiary alicyclic amines) is 1. The zero-order valence-electron chi connectivity index (χ0n) is 15.1. The second-order valence-corrected chi connectivity index (χ2v) is 6.99. The molecule has 0 bridgehead atoms. The van der Waals surface area contributed by atoms with E-state index in [1.54, 1.807) is 0 Å². The molecule has 0 aromatic heterocycles. The average Bonchev–Trinajstić information content (AvgIpc) is 2.65. The highest BCUT2D eigenvalue weighted by atomic mass is 16.1. The van der Waals surface area contributed by atoms with Crippen LogP contribution in [0.2, 0.25) is 0 Å². The highest BCUT2D eigenvalue weighted by molar-refractivity contribution is 5.78. The largest absolute Gasteiger partial charge is 0.354 e. The zero-order valence-corrected chi connectivity index (χ0v) is 15.1. The minimum absolute atomic E-state index is 0.0975. The maximum atomic E-state index is 12.4. The van der Waals surface area contributed by atoms with Gasteiger partial charge in [0.2, 0.25) is 5.91 Å². The Bertz CT molecular complexity index is 660. The number of hydrogen-bond donors (Lipinski definition) is 1. The van der Waals surface area contributed by atoms with Gasteiger partial charge in [0, 0.05) is 6.54 Å². The Morgan fingerprint density at radius 2 is 1.68 bits per heavy atom. The molecule has 0 radical (unpaired) electrons. The molecule has 1 fully saturated rings. The number of nitrogens with one attached hydrogen (secondary N) is 1. The van der Waals surface area contributed by atoms with Crippen molar-refractivity contribution in [2.24, 2.45) is 0 Å². The second-order valence-electron chi connectivity index (χ2n) is 6.99. The molecule has 3 rings (SSSR count). The number of benzene rings is 2. The molecule has 1 saturated heterocycles. The van der Waals surface area contributed by atoms with Crippen molar-refractivity contribution < 1.29 is 4.79 Å². The summed E-state index contributed by atoms with van der Waals surface area (Å²) in [6, 6.07) is 18.9. The summed E-state index contributed by atoms with van der Waals surface area (Å²) in [7, 11) is 0. The van der Waals surface area contributed by atoms with Crippen LogP contribution in [-0.2, 0) is 11.2 Å². The van der Waals surface area contributed by atoms with Gasteiger partial charge in [0.1, 0.15) is 0 Å². The fraction of sp³-hybridized carbons (Fsp3) is 0.409. The molecular formula is C22H28N2O. The van der Waals surface area contributed by atoms with Crippen LogP contribution in [0.1, 0.15) is 42.0 Å².